The lowest BCUT2D eigenvalue weighted by Gasteiger charge is -2.36. The van der Waals surface area contributed by atoms with E-state index in [2.05, 4.69) is 25.8 Å². The minimum Gasteiger partial charge on any atom is -0.329 e. The van der Waals surface area contributed by atoms with Crippen molar-refractivity contribution in [2.75, 3.05) is 13.6 Å². The van der Waals surface area contributed by atoms with Gasteiger partial charge in [0.2, 0.25) is 0 Å². The number of nitrogens with two attached hydrogens (primary N) is 1. The summed E-state index contributed by atoms with van der Waals surface area (Å²) in [6.07, 6.45) is 5.66. The second-order valence-corrected chi connectivity index (χ2v) is 5.62. The first-order chi connectivity index (χ1) is 6.59. The Kier molecular flexibility index (Phi) is 2.61. The molecule has 1 saturated heterocycles. The summed E-state index contributed by atoms with van der Waals surface area (Å²) in [5.41, 5.74) is 6.28. The van der Waals surface area contributed by atoms with Gasteiger partial charge >= 0.3 is 0 Å². The van der Waals surface area contributed by atoms with E-state index in [1.807, 2.05) is 0 Å². The summed E-state index contributed by atoms with van der Waals surface area (Å²) in [7, 11) is 2.26. The minimum atomic E-state index is 0.370. The molecule has 2 N–H and O–H groups in total. The van der Waals surface area contributed by atoms with Crippen LogP contribution >= 0.6 is 0 Å². The van der Waals surface area contributed by atoms with E-state index in [1.165, 1.54) is 25.7 Å². The van der Waals surface area contributed by atoms with Crippen molar-refractivity contribution in [2.45, 2.75) is 51.1 Å². The van der Waals surface area contributed by atoms with Crippen LogP contribution in [0.4, 0.5) is 0 Å². The summed E-state index contributed by atoms with van der Waals surface area (Å²) < 4.78 is 0. The Morgan fingerprint density at radius 2 is 1.93 bits per heavy atom. The second-order valence-electron chi connectivity index (χ2n) is 5.62. The van der Waals surface area contributed by atoms with Crippen LogP contribution in [0.25, 0.3) is 0 Å². The highest BCUT2D eigenvalue weighted by atomic mass is 15.2. The smallest absolute Gasteiger partial charge is 0.0252 e. The Bertz CT molecular complexity index is 212. The predicted molar refractivity (Wildman–Crippen MR) is 60.1 cm³/mol. The van der Waals surface area contributed by atoms with Crippen molar-refractivity contribution in [3.63, 3.8) is 0 Å². The number of nitrogens with zero attached hydrogens (tertiary/aromatic N) is 1. The fourth-order valence-electron chi connectivity index (χ4n) is 3.81. The van der Waals surface area contributed by atoms with Gasteiger partial charge in [-0.3, -0.25) is 4.90 Å². The van der Waals surface area contributed by atoms with Gasteiger partial charge in [-0.15, -0.1) is 0 Å². The Hall–Kier alpha value is -0.0800. The van der Waals surface area contributed by atoms with E-state index in [-0.39, 0.29) is 0 Å². The Morgan fingerprint density at radius 3 is 2.57 bits per heavy atom. The van der Waals surface area contributed by atoms with Gasteiger partial charge in [-0.25, -0.2) is 0 Å². The maximum Gasteiger partial charge on any atom is 0.0252 e. The Morgan fingerprint density at radius 1 is 1.29 bits per heavy atom. The molecule has 0 aromatic heterocycles. The molecular formula is C12H24N2. The standard InChI is InChI=1S/C12H24N2/c1-12(2)10-7-5-4-6-9(10)11(8-13)14(12)3/h9-11H,4-8,13H2,1-3H3. The van der Waals surface area contributed by atoms with E-state index < -0.39 is 0 Å². The van der Waals surface area contributed by atoms with Crippen molar-refractivity contribution >= 4 is 0 Å². The molecule has 0 aromatic rings. The van der Waals surface area contributed by atoms with Crippen LogP contribution in [0, 0.1) is 11.8 Å². The summed E-state index contributed by atoms with van der Waals surface area (Å²) >= 11 is 0. The average Bonchev–Trinajstić information content (AvgIpc) is 2.37. The molecule has 1 aliphatic heterocycles. The summed E-state index contributed by atoms with van der Waals surface area (Å²) in [5, 5.41) is 0. The van der Waals surface area contributed by atoms with E-state index in [1.54, 1.807) is 0 Å². The monoisotopic (exact) mass is 196 g/mol. The molecule has 0 aromatic carbocycles. The van der Waals surface area contributed by atoms with Gasteiger partial charge in [0.1, 0.15) is 0 Å². The molecule has 0 amide bonds. The zero-order valence-corrected chi connectivity index (χ0v) is 9.79. The largest absolute Gasteiger partial charge is 0.329 e. The molecule has 2 fully saturated rings. The second kappa shape index (κ2) is 3.49. The van der Waals surface area contributed by atoms with Crippen LogP contribution in [-0.4, -0.2) is 30.1 Å². The molecule has 1 saturated carbocycles. The fraction of sp³-hybridized carbons (Fsp3) is 1.00. The average molecular weight is 196 g/mol. The molecule has 82 valence electrons. The van der Waals surface area contributed by atoms with Crippen LogP contribution in [0.15, 0.2) is 0 Å². The first-order valence-corrected chi connectivity index (χ1v) is 6.02. The van der Waals surface area contributed by atoms with Crippen molar-refractivity contribution < 1.29 is 0 Å². The Balaban J connectivity index is 2.24. The number of hydrogen-bond donors (Lipinski definition) is 1. The van der Waals surface area contributed by atoms with Crippen molar-refractivity contribution in [1.29, 1.82) is 0 Å². The SMILES string of the molecule is CN1C(CN)C2CCCCC2C1(C)C. The van der Waals surface area contributed by atoms with Crippen LogP contribution in [-0.2, 0) is 0 Å². The lowest BCUT2D eigenvalue weighted by Crippen LogP contribution is -2.44. The first-order valence-electron chi connectivity index (χ1n) is 6.02. The molecule has 2 nitrogen and oxygen atoms in total. The molecule has 3 atom stereocenters. The highest BCUT2D eigenvalue weighted by Crippen LogP contribution is 2.48. The number of fused-ring (bicyclic) bond motifs is 1. The van der Waals surface area contributed by atoms with E-state index in [4.69, 9.17) is 5.73 Å². The third-order valence-electron chi connectivity index (χ3n) is 4.87. The molecule has 1 heterocycles. The number of likely N-dealkylation sites (N-methyl/N-ethyl adjacent to an activating group) is 1. The van der Waals surface area contributed by atoms with Crippen LogP contribution < -0.4 is 5.73 Å². The van der Waals surface area contributed by atoms with E-state index in [9.17, 15) is 0 Å². The highest BCUT2D eigenvalue weighted by molar-refractivity contribution is 5.05. The van der Waals surface area contributed by atoms with Crippen LogP contribution in [0.2, 0.25) is 0 Å². The predicted octanol–water partition coefficient (Wildman–Crippen LogP) is 1.84. The topological polar surface area (TPSA) is 29.3 Å². The molecule has 0 spiro atoms. The zero-order chi connectivity index (χ0) is 10.3. The van der Waals surface area contributed by atoms with Crippen LogP contribution in [0.1, 0.15) is 39.5 Å². The zero-order valence-electron chi connectivity index (χ0n) is 9.79. The molecule has 14 heavy (non-hydrogen) atoms. The van der Waals surface area contributed by atoms with Gasteiger partial charge in [-0.05, 0) is 45.6 Å². The summed E-state index contributed by atoms with van der Waals surface area (Å²) in [6.45, 7) is 5.62. The van der Waals surface area contributed by atoms with Crippen molar-refractivity contribution in [2.24, 2.45) is 17.6 Å². The van der Waals surface area contributed by atoms with Gasteiger partial charge in [0.05, 0.1) is 0 Å². The quantitative estimate of drug-likeness (QED) is 0.693. The summed E-state index contributed by atoms with van der Waals surface area (Å²) in [5.74, 6) is 1.75. The first kappa shape index (κ1) is 10.4. The normalized spacial score (nSPS) is 42.4. The molecule has 2 heteroatoms. The van der Waals surface area contributed by atoms with Crippen molar-refractivity contribution in [3.8, 4) is 0 Å². The third kappa shape index (κ3) is 1.31. The molecule has 2 aliphatic rings. The molecular weight excluding hydrogens is 172 g/mol. The van der Waals surface area contributed by atoms with Crippen molar-refractivity contribution in [3.05, 3.63) is 0 Å². The molecule has 3 unspecified atom stereocenters. The number of rotatable bonds is 1. The van der Waals surface area contributed by atoms with Crippen LogP contribution in [0.5, 0.6) is 0 Å². The molecule has 1 aliphatic carbocycles. The minimum absolute atomic E-state index is 0.370. The highest BCUT2D eigenvalue weighted by Gasteiger charge is 2.51. The summed E-state index contributed by atoms with van der Waals surface area (Å²) in [6, 6.07) is 0.635. The molecule has 0 radical (unpaired) electrons. The van der Waals surface area contributed by atoms with Gasteiger partial charge in [-0.2, -0.15) is 0 Å². The lowest BCUT2D eigenvalue weighted by molar-refractivity contribution is 0.136. The number of likely N-dealkylation sites (tertiary alicyclic amines) is 1. The van der Waals surface area contributed by atoms with Gasteiger partial charge < -0.3 is 5.73 Å². The van der Waals surface area contributed by atoms with Gasteiger partial charge in [-0.1, -0.05) is 12.8 Å². The fourth-order valence-corrected chi connectivity index (χ4v) is 3.81. The molecule has 2 rings (SSSR count). The summed E-state index contributed by atoms with van der Waals surface area (Å²) in [4.78, 5) is 2.54. The maximum absolute atomic E-state index is 5.91. The van der Waals surface area contributed by atoms with E-state index >= 15 is 0 Å². The maximum atomic E-state index is 5.91. The van der Waals surface area contributed by atoms with E-state index in [0.717, 1.165) is 18.4 Å². The van der Waals surface area contributed by atoms with Crippen LogP contribution in [0.3, 0.4) is 0 Å². The number of hydrogen-bond acceptors (Lipinski definition) is 2. The molecule has 0 bridgehead atoms. The van der Waals surface area contributed by atoms with Gasteiger partial charge in [0.25, 0.3) is 0 Å². The Labute approximate surface area is 87.8 Å². The third-order valence-corrected chi connectivity index (χ3v) is 4.87. The van der Waals surface area contributed by atoms with E-state index in [0.29, 0.717) is 11.6 Å². The lowest BCUT2D eigenvalue weighted by atomic mass is 9.72. The van der Waals surface area contributed by atoms with Gasteiger partial charge in [0.15, 0.2) is 0 Å². The van der Waals surface area contributed by atoms with Gasteiger partial charge in [0, 0.05) is 18.1 Å². The van der Waals surface area contributed by atoms with Crippen molar-refractivity contribution in [1.82, 2.24) is 4.90 Å².